The fourth-order valence-electron chi connectivity index (χ4n) is 7.41. The van der Waals surface area contributed by atoms with Crippen LogP contribution in [-0.4, -0.2) is 37.2 Å². The van der Waals surface area contributed by atoms with Crippen molar-refractivity contribution in [2.45, 2.75) is 272 Å². The summed E-state index contributed by atoms with van der Waals surface area (Å²) in [6, 6.07) is 0. The zero-order valence-electron chi connectivity index (χ0n) is 38.4. The van der Waals surface area contributed by atoms with E-state index in [9.17, 15) is 14.4 Å². The van der Waals surface area contributed by atoms with Crippen LogP contribution in [0.1, 0.15) is 266 Å². The standard InChI is InChI=1S/C50H96O6/c1-44(2)36-30-24-18-14-12-10-8-7-9-11-13-15-20-27-33-39-48(51)54-42-47(43-55-49(52)40-34-28-23-22-26-32-38-46(5)6)56-50(53)41-35-29-21-17-16-19-25-31-37-45(3)4/h44-47H,7-43H2,1-6H3/t47-/m1/s1. The molecule has 1 atom stereocenters. The minimum atomic E-state index is -0.762. The Morgan fingerprint density at radius 2 is 0.518 bits per heavy atom. The molecule has 0 radical (unpaired) electrons. The van der Waals surface area contributed by atoms with E-state index in [1.54, 1.807) is 0 Å². The number of hydrogen-bond donors (Lipinski definition) is 0. The summed E-state index contributed by atoms with van der Waals surface area (Å²) >= 11 is 0. The number of carbonyl (C=O) groups is 3. The molecule has 332 valence electrons. The average molecular weight is 793 g/mol. The lowest BCUT2D eigenvalue weighted by Crippen LogP contribution is -2.30. The van der Waals surface area contributed by atoms with E-state index in [1.165, 1.54) is 148 Å². The third kappa shape index (κ3) is 43.5. The zero-order valence-corrected chi connectivity index (χ0v) is 38.4. The van der Waals surface area contributed by atoms with Crippen molar-refractivity contribution in [2.75, 3.05) is 13.2 Å². The van der Waals surface area contributed by atoms with Gasteiger partial charge in [0.2, 0.25) is 0 Å². The van der Waals surface area contributed by atoms with Gasteiger partial charge in [-0.05, 0) is 37.0 Å². The molecule has 0 rings (SSSR count). The van der Waals surface area contributed by atoms with Crippen LogP contribution in [0.3, 0.4) is 0 Å². The maximum atomic E-state index is 12.7. The SMILES string of the molecule is CC(C)CCCCCCCCCCCCCCCCCC(=O)OC[C@H](COC(=O)CCCCCCCCC(C)C)OC(=O)CCCCCCCCCCC(C)C. The Bertz CT molecular complexity index is 868. The van der Waals surface area contributed by atoms with Gasteiger partial charge in [0.1, 0.15) is 13.2 Å². The maximum Gasteiger partial charge on any atom is 0.306 e. The van der Waals surface area contributed by atoms with Crippen molar-refractivity contribution >= 4 is 17.9 Å². The highest BCUT2D eigenvalue weighted by molar-refractivity contribution is 5.71. The van der Waals surface area contributed by atoms with E-state index < -0.39 is 6.10 Å². The van der Waals surface area contributed by atoms with Crippen molar-refractivity contribution in [3.63, 3.8) is 0 Å². The summed E-state index contributed by atoms with van der Waals surface area (Å²) in [6.45, 7) is 13.6. The third-order valence-electron chi connectivity index (χ3n) is 11.1. The summed E-state index contributed by atoms with van der Waals surface area (Å²) in [5.41, 5.74) is 0. The van der Waals surface area contributed by atoms with Crippen LogP contribution < -0.4 is 0 Å². The van der Waals surface area contributed by atoms with Gasteiger partial charge in [0, 0.05) is 19.3 Å². The number of carbonyl (C=O) groups excluding carboxylic acids is 3. The summed E-state index contributed by atoms with van der Waals surface area (Å²) in [5, 5.41) is 0. The number of rotatable bonds is 43. The van der Waals surface area contributed by atoms with Gasteiger partial charge >= 0.3 is 17.9 Å². The minimum Gasteiger partial charge on any atom is -0.462 e. The highest BCUT2D eigenvalue weighted by Crippen LogP contribution is 2.17. The largest absolute Gasteiger partial charge is 0.462 e. The molecule has 0 aromatic rings. The fourth-order valence-corrected chi connectivity index (χ4v) is 7.41. The molecule has 0 aliphatic rings. The molecule has 6 nitrogen and oxygen atoms in total. The molecule has 0 saturated heterocycles. The molecule has 0 heterocycles. The molecule has 0 bridgehead atoms. The van der Waals surface area contributed by atoms with E-state index >= 15 is 0 Å². The normalized spacial score (nSPS) is 12.2. The predicted molar refractivity (Wildman–Crippen MR) is 238 cm³/mol. The summed E-state index contributed by atoms with van der Waals surface area (Å²) in [5.74, 6) is 1.54. The smallest absolute Gasteiger partial charge is 0.306 e. The van der Waals surface area contributed by atoms with Crippen LogP contribution in [0.5, 0.6) is 0 Å². The molecular weight excluding hydrogens is 697 g/mol. The third-order valence-corrected chi connectivity index (χ3v) is 11.1. The summed E-state index contributed by atoms with van der Waals surface area (Å²) in [4.78, 5) is 37.8. The minimum absolute atomic E-state index is 0.0661. The Labute approximate surface area is 348 Å². The topological polar surface area (TPSA) is 78.9 Å². The van der Waals surface area contributed by atoms with Crippen LogP contribution in [-0.2, 0) is 28.6 Å². The molecule has 0 aliphatic carbocycles. The second-order valence-electron chi connectivity index (χ2n) is 18.5. The quantitative estimate of drug-likeness (QED) is 0.0348. The van der Waals surface area contributed by atoms with E-state index in [0.717, 1.165) is 75.5 Å². The number of unbranched alkanes of at least 4 members (excludes halogenated alkanes) is 26. The molecule has 0 amide bonds. The Morgan fingerprint density at radius 1 is 0.304 bits per heavy atom. The zero-order chi connectivity index (χ0) is 41.3. The van der Waals surface area contributed by atoms with Crippen molar-refractivity contribution in [3.8, 4) is 0 Å². The van der Waals surface area contributed by atoms with Gasteiger partial charge in [-0.25, -0.2) is 0 Å². The first-order valence-corrected chi connectivity index (χ1v) is 24.6. The van der Waals surface area contributed by atoms with Crippen molar-refractivity contribution in [3.05, 3.63) is 0 Å². The van der Waals surface area contributed by atoms with Gasteiger partial charge in [-0.3, -0.25) is 14.4 Å². The van der Waals surface area contributed by atoms with Crippen LogP contribution in [0.25, 0.3) is 0 Å². The van der Waals surface area contributed by atoms with Crippen molar-refractivity contribution < 1.29 is 28.6 Å². The van der Waals surface area contributed by atoms with Gasteiger partial charge in [0.05, 0.1) is 0 Å². The summed E-state index contributed by atoms with van der Waals surface area (Å²) in [6.07, 6.45) is 39.7. The van der Waals surface area contributed by atoms with E-state index in [-0.39, 0.29) is 31.1 Å². The monoisotopic (exact) mass is 793 g/mol. The average Bonchev–Trinajstić information content (AvgIpc) is 3.15. The van der Waals surface area contributed by atoms with Gasteiger partial charge in [-0.15, -0.1) is 0 Å². The van der Waals surface area contributed by atoms with Crippen molar-refractivity contribution in [1.29, 1.82) is 0 Å². The molecular formula is C50H96O6. The highest BCUT2D eigenvalue weighted by Gasteiger charge is 2.19. The van der Waals surface area contributed by atoms with E-state index in [2.05, 4.69) is 41.5 Å². The van der Waals surface area contributed by atoms with Crippen LogP contribution in [0, 0.1) is 17.8 Å². The van der Waals surface area contributed by atoms with Gasteiger partial charge in [0.15, 0.2) is 6.10 Å². The summed E-state index contributed by atoms with van der Waals surface area (Å²) in [7, 11) is 0. The molecule has 6 heteroatoms. The van der Waals surface area contributed by atoms with E-state index in [1.807, 2.05) is 0 Å². The number of ether oxygens (including phenoxy) is 3. The first-order chi connectivity index (χ1) is 27.1. The van der Waals surface area contributed by atoms with Gasteiger partial charge < -0.3 is 14.2 Å². The number of esters is 3. The lowest BCUT2D eigenvalue weighted by atomic mass is 10.0. The van der Waals surface area contributed by atoms with Crippen LogP contribution in [0.15, 0.2) is 0 Å². The van der Waals surface area contributed by atoms with Crippen LogP contribution in [0.4, 0.5) is 0 Å². The van der Waals surface area contributed by atoms with Gasteiger partial charge in [-0.1, -0.05) is 228 Å². The maximum absolute atomic E-state index is 12.7. The number of hydrogen-bond acceptors (Lipinski definition) is 6. The van der Waals surface area contributed by atoms with Crippen LogP contribution >= 0.6 is 0 Å². The van der Waals surface area contributed by atoms with E-state index in [4.69, 9.17) is 14.2 Å². The summed E-state index contributed by atoms with van der Waals surface area (Å²) < 4.78 is 16.7. The second kappa shape index (κ2) is 41.6. The first kappa shape index (κ1) is 54.4. The Morgan fingerprint density at radius 3 is 0.768 bits per heavy atom. The lowest BCUT2D eigenvalue weighted by Gasteiger charge is -2.18. The van der Waals surface area contributed by atoms with E-state index in [0.29, 0.717) is 19.3 Å². The lowest BCUT2D eigenvalue weighted by molar-refractivity contribution is -0.167. The van der Waals surface area contributed by atoms with Gasteiger partial charge in [0.25, 0.3) is 0 Å². The van der Waals surface area contributed by atoms with Crippen molar-refractivity contribution in [2.24, 2.45) is 17.8 Å². The van der Waals surface area contributed by atoms with Crippen LogP contribution in [0.2, 0.25) is 0 Å². The second-order valence-corrected chi connectivity index (χ2v) is 18.5. The fraction of sp³-hybridized carbons (Fsp3) is 0.940. The van der Waals surface area contributed by atoms with Crippen molar-refractivity contribution in [1.82, 2.24) is 0 Å². The Hall–Kier alpha value is -1.59. The molecule has 0 aromatic heterocycles. The molecule has 56 heavy (non-hydrogen) atoms. The molecule has 0 aromatic carbocycles. The Kier molecular flexibility index (Phi) is 40.4. The molecule has 0 saturated carbocycles. The molecule has 0 unspecified atom stereocenters. The Balaban J connectivity index is 4.24. The first-order valence-electron chi connectivity index (χ1n) is 24.6. The molecule has 0 N–H and O–H groups in total. The predicted octanol–water partition coefficient (Wildman–Crippen LogP) is 15.6. The molecule has 0 fully saturated rings. The molecule has 0 aliphatic heterocycles. The highest BCUT2D eigenvalue weighted by atomic mass is 16.6. The molecule has 0 spiro atoms. The van der Waals surface area contributed by atoms with Gasteiger partial charge in [-0.2, -0.15) is 0 Å².